The molecule has 0 saturated heterocycles. The van der Waals surface area contributed by atoms with Crippen molar-refractivity contribution in [2.45, 2.75) is 17.9 Å². The molecule has 1 unspecified atom stereocenters. The van der Waals surface area contributed by atoms with Crippen molar-refractivity contribution >= 4 is 10.0 Å². The van der Waals surface area contributed by atoms with Crippen molar-refractivity contribution in [3.8, 4) is 5.75 Å². The monoisotopic (exact) mass is 335 g/mol. The van der Waals surface area contributed by atoms with Gasteiger partial charge in [-0.05, 0) is 30.2 Å². The number of hydrogen-bond acceptors (Lipinski definition) is 4. The molecular weight excluding hydrogens is 314 g/mol. The Kier molecular flexibility index (Phi) is 5.76. The second-order valence-corrected chi connectivity index (χ2v) is 6.82. The van der Waals surface area contributed by atoms with Crippen molar-refractivity contribution in [1.82, 2.24) is 4.72 Å². The van der Waals surface area contributed by atoms with Gasteiger partial charge in [-0.1, -0.05) is 36.4 Å². The summed E-state index contributed by atoms with van der Waals surface area (Å²) in [7, 11) is -0.676. The molecule has 0 heterocycles. The van der Waals surface area contributed by atoms with Crippen LogP contribution in [0.5, 0.6) is 5.75 Å². The van der Waals surface area contributed by atoms with E-state index in [4.69, 9.17) is 9.47 Å². The molecular formula is C17H21NO4S. The van der Waals surface area contributed by atoms with E-state index < -0.39 is 10.0 Å². The molecule has 0 fully saturated rings. The van der Waals surface area contributed by atoms with Crippen LogP contribution in [0.1, 0.15) is 17.2 Å². The highest BCUT2D eigenvalue weighted by atomic mass is 32.2. The Morgan fingerprint density at radius 2 is 1.70 bits per heavy atom. The largest absolute Gasteiger partial charge is 0.495 e. The summed E-state index contributed by atoms with van der Waals surface area (Å²) in [4.78, 5) is 0.113. The van der Waals surface area contributed by atoms with Crippen LogP contribution >= 0.6 is 0 Å². The van der Waals surface area contributed by atoms with Crippen LogP contribution in [0.3, 0.4) is 0 Å². The van der Waals surface area contributed by atoms with Crippen LogP contribution < -0.4 is 9.46 Å². The lowest BCUT2D eigenvalue weighted by atomic mass is 10.0. The summed E-state index contributed by atoms with van der Waals surface area (Å²) < 4.78 is 38.2. The Bertz CT molecular complexity index is 759. The van der Waals surface area contributed by atoms with E-state index in [9.17, 15) is 8.42 Å². The predicted molar refractivity (Wildman–Crippen MR) is 89.1 cm³/mol. The molecule has 0 aliphatic rings. The number of benzene rings is 2. The molecule has 0 aromatic heterocycles. The Morgan fingerprint density at radius 1 is 1.04 bits per heavy atom. The number of rotatable bonds is 7. The molecule has 2 aromatic rings. The van der Waals surface area contributed by atoms with Gasteiger partial charge in [-0.2, -0.15) is 0 Å². The standard InChI is InChI=1S/C17H21NO4S/c1-13-8-4-5-9-14(13)16(22-3)12-18-23(19,20)17-11-7-6-10-15(17)21-2/h4-11,16,18H,12H2,1-3H3. The fourth-order valence-electron chi connectivity index (χ4n) is 2.37. The highest BCUT2D eigenvalue weighted by molar-refractivity contribution is 7.89. The minimum Gasteiger partial charge on any atom is -0.495 e. The van der Waals surface area contributed by atoms with Crippen LogP contribution in [0.15, 0.2) is 53.4 Å². The molecule has 5 nitrogen and oxygen atoms in total. The minimum atomic E-state index is -3.68. The van der Waals surface area contributed by atoms with E-state index in [2.05, 4.69) is 4.72 Å². The van der Waals surface area contributed by atoms with Gasteiger partial charge in [-0.15, -0.1) is 0 Å². The Hall–Kier alpha value is -1.89. The highest BCUT2D eigenvalue weighted by Crippen LogP contribution is 2.24. The lowest BCUT2D eigenvalue weighted by molar-refractivity contribution is 0.107. The zero-order chi connectivity index (χ0) is 16.9. The molecule has 0 radical (unpaired) electrons. The summed E-state index contributed by atoms with van der Waals surface area (Å²) in [5, 5.41) is 0. The maximum absolute atomic E-state index is 12.5. The molecule has 0 bridgehead atoms. The van der Waals surface area contributed by atoms with Crippen LogP contribution in [0.2, 0.25) is 0 Å². The van der Waals surface area contributed by atoms with Gasteiger partial charge in [0.05, 0.1) is 13.2 Å². The molecule has 2 rings (SSSR count). The normalized spacial score (nSPS) is 12.8. The van der Waals surface area contributed by atoms with Crippen molar-refractivity contribution in [2.75, 3.05) is 20.8 Å². The molecule has 1 atom stereocenters. The second kappa shape index (κ2) is 7.59. The Balaban J connectivity index is 2.19. The first-order chi connectivity index (χ1) is 11.0. The maximum Gasteiger partial charge on any atom is 0.244 e. The second-order valence-electron chi connectivity index (χ2n) is 5.08. The van der Waals surface area contributed by atoms with Crippen molar-refractivity contribution in [2.24, 2.45) is 0 Å². The SMILES string of the molecule is COc1ccccc1S(=O)(=O)NCC(OC)c1ccccc1C. The maximum atomic E-state index is 12.5. The van der Waals surface area contributed by atoms with E-state index in [-0.39, 0.29) is 17.5 Å². The number of hydrogen-bond donors (Lipinski definition) is 1. The third kappa shape index (κ3) is 4.10. The summed E-state index contributed by atoms with van der Waals surface area (Å²) in [6.45, 7) is 2.11. The van der Waals surface area contributed by atoms with Gasteiger partial charge in [0.25, 0.3) is 0 Å². The quantitative estimate of drug-likeness (QED) is 0.845. The average Bonchev–Trinajstić information content (AvgIpc) is 2.56. The fourth-order valence-corrected chi connectivity index (χ4v) is 3.57. The number of sulfonamides is 1. The molecule has 0 amide bonds. The van der Waals surface area contributed by atoms with Crippen LogP contribution in [0.4, 0.5) is 0 Å². The van der Waals surface area contributed by atoms with Gasteiger partial charge < -0.3 is 9.47 Å². The minimum absolute atomic E-state index is 0.113. The van der Waals surface area contributed by atoms with Gasteiger partial charge in [0.1, 0.15) is 10.6 Å². The lowest BCUT2D eigenvalue weighted by Crippen LogP contribution is -2.29. The molecule has 6 heteroatoms. The number of para-hydroxylation sites is 1. The van der Waals surface area contributed by atoms with E-state index in [0.29, 0.717) is 5.75 Å². The van der Waals surface area contributed by atoms with Crippen molar-refractivity contribution in [3.05, 3.63) is 59.7 Å². The van der Waals surface area contributed by atoms with Gasteiger partial charge in [0, 0.05) is 13.7 Å². The van der Waals surface area contributed by atoms with E-state index in [0.717, 1.165) is 11.1 Å². The van der Waals surface area contributed by atoms with Crippen LogP contribution in [0, 0.1) is 6.92 Å². The van der Waals surface area contributed by atoms with Crippen molar-refractivity contribution in [3.63, 3.8) is 0 Å². The Labute approximate surface area is 137 Å². The number of nitrogens with one attached hydrogen (secondary N) is 1. The molecule has 0 saturated carbocycles. The van der Waals surface area contributed by atoms with Gasteiger partial charge >= 0.3 is 0 Å². The van der Waals surface area contributed by atoms with E-state index >= 15 is 0 Å². The lowest BCUT2D eigenvalue weighted by Gasteiger charge is -2.19. The zero-order valence-corrected chi connectivity index (χ0v) is 14.3. The van der Waals surface area contributed by atoms with Crippen molar-refractivity contribution in [1.29, 1.82) is 0 Å². The first kappa shape index (κ1) is 17.5. The fraction of sp³-hybridized carbons (Fsp3) is 0.294. The summed E-state index contributed by atoms with van der Waals surface area (Å²) in [5.41, 5.74) is 2.01. The third-order valence-corrected chi connectivity index (χ3v) is 5.10. The van der Waals surface area contributed by atoms with Gasteiger partial charge in [0.15, 0.2) is 0 Å². The summed E-state index contributed by atoms with van der Waals surface area (Å²) >= 11 is 0. The number of methoxy groups -OCH3 is 2. The summed E-state index contributed by atoms with van der Waals surface area (Å²) in [6.07, 6.45) is -0.360. The molecule has 0 spiro atoms. The van der Waals surface area contributed by atoms with Crippen LogP contribution in [0.25, 0.3) is 0 Å². The summed E-state index contributed by atoms with van der Waals surface area (Å²) in [5.74, 6) is 0.310. The topological polar surface area (TPSA) is 64.6 Å². The van der Waals surface area contributed by atoms with Crippen LogP contribution in [-0.4, -0.2) is 29.2 Å². The molecule has 0 aliphatic heterocycles. The highest BCUT2D eigenvalue weighted by Gasteiger charge is 2.21. The van der Waals surface area contributed by atoms with Crippen molar-refractivity contribution < 1.29 is 17.9 Å². The Morgan fingerprint density at radius 3 is 2.35 bits per heavy atom. The molecule has 2 aromatic carbocycles. The van der Waals surface area contributed by atoms with Gasteiger partial charge in [-0.25, -0.2) is 13.1 Å². The average molecular weight is 335 g/mol. The van der Waals surface area contributed by atoms with Crippen LogP contribution in [-0.2, 0) is 14.8 Å². The molecule has 23 heavy (non-hydrogen) atoms. The smallest absolute Gasteiger partial charge is 0.244 e. The first-order valence-corrected chi connectivity index (χ1v) is 8.69. The zero-order valence-electron chi connectivity index (χ0n) is 13.4. The third-order valence-electron chi connectivity index (χ3n) is 3.64. The van der Waals surface area contributed by atoms with E-state index in [1.165, 1.54) is 13.2 Å². The van der Waals surface area contributed by atoms with Gasteiger partial charge in [-0.3, -0.25) is 0 Å². The molecule has 0 aliphatic carbocycles. The number of aryl methyl sites for hydroxylation is 1. The molecule has 124 valence electrons. The van der Waals surface area contributed by atoms with E-state index in [1.54, 1.807) is 25.3 Å². The number of ether oxygens (including phenoxy) is 2. The molecule has 1 N–H and O–H groups in total. The van der Waals surface area contributed by atoms with E-state index in [1.807, 2.05) is 31.2 Å². The first-order valence-electron chi connectivity index (χ1n) is 7.20. The summed E-state index contributed by atoms with van der Waals surface area (Å²) in [6, 6.07) is 14.3. The van der Waals surface area contributed by atoms with Gasteiger partial charge in [0.2, 0.25) is 10.0 Å². The predicted octanol–water partition coefficient (Wildman–Crippen LogP) is 2.67.